The van der Waals surface area contributed by atoms with Crippen molar-refractivity contribution in [2.75, 3.05) is 13.1 Å². The third kappa shape index (κ3) is 3.61. The van der Waals surface area contributed by atoms with E-state index < -0.39 is 0 Å². The summed E-state index contributed by atoms with van der Waals surface area (Å²) in [5.41, 5.74) is 7.79. The Bertz CT molecular complexity index is 455. The molecule has 0 bridgehead atoms. The van der Waals surface area contributed by atoms with Crippen LogP contribution < -0.4 is 11.1 Å². The molecule has 90 valence electrons. The summed E-state index contributed by atoms with van der Waals surface area (Å²) in [5, 5.41) is 2.86. The average molecular weight is 230 g/mol. The minimum Gasteiger partial charge on any atom is -0.352 e. The molecule has 3 nitrogen and oxygen atoms in total. The lowest BCUT2D eigenvalue weighted by atomic mass is 10.0. The summed E-state index contributed by atoms with van der Waals surface area (Å²) >= 11 is 0. The summed E-state index contributed by atoms with van der Waals surface area (Å²) in [6, 6.07) is 5.55. The van der Waals surface area contributed by atoms with Crippen LogP contribution in [0.1, 0.15) is 34.8 Å². The fraction of sp³-hybridized carbons (Fsp3) is 0.357. The van der Waals surface area contributed by atoms with Crippen LogP contribution in [0.2, 0.25) is 0 Å². The second-order valence-electron chi connectivity index (χ2n) is 3.74. The van der Waals surface area contributed by atoms with E-state index in [1.807, 2.05) is 32.0 Å². The monoisotopic (exact) mass is 230 g/mol. The van der Waals surface area contributed by atoms with Crippen molar-refractivity contribution in [3.05, 3.63) is 34.9 Å². The van der Waals surface area contributed by atoms with Gasteiger partial charge in [0.2, 0.25) is 0 Å². The fourth-order valence-corrected chi connectivity index (χ4v) is 1.50. The van der Waals surface area contributed by atoms with Gasteiger partial charge in [0, 0.05) is 17.7 Å². The molecule has 0 heterocycles. The SMILES string of the molecule is CCCNC(=O)c1cccc(C#CCN)c1C. The van der Waals surface area contributed by atoms with Crippen molar-refractivity contribution in [2.45, 2.75) is 20.3 Å². The predicted octanol–water partition coefficient (Wildman–Crippen LogP) is 1.45. The quantitative estimate of drug-likeness (QED) is 0.772. The van der Waals surface area contributed by atoms with Crippen molar-refractivity contribution in [3.63, 3.8) is 0 Å². The smallest absolute Gasteiger partial charge is 0.251 e. The molecule has 0 saturated heterocycles. The Kier molecular flexibility index (Phi) is 5.25. The molecule has 17 heavy (non-hydrogen) atoms. The van der Waals surface area contributed by atoms with Crippen LogP contribution in [0.15, 0.2) is 18.2 Å². The highest BCUT2D eigenvalue weighted by Gasteiger charge is 2.09. The highest BCUT2D eigenvalue weighted by molar-refractivity contribution is 5.96. The molecule has 3 heteroatoms. The number of benzene rings is 1. The number of amides is 1. The molecule has 0 saturated carbocycles. The lowest BCUT2D eigenvalue weighted by molar-refractivity contribution is 0.0953. The van der Waals surface area contributed by atoms with E-state index in [0.29, 0.717) is 18.7 Å². The Balaban J connectivity index is 2.97. The van der Waals surface area contributed by atoms with Crippen molar-refractivity contribution in [1.29, 1.82) is 0 Å². The third-order valence-corrected chi connectivity index (χ3v) is 2.44. The van der Waals surface area contributed by atoms with Crippen LogP contribution in [0.25, 0.3) is 0 Å². The molecular formula is C14H18N2O. The number of carbonyl (C=O) groups excluding carboxylic acids is 1. The maximum Gasteiger partial charge on any atom is 0.251 e. The predicted molar refractivity (Wildman–Crippen MR) is 69.7 cm³/mol. The summed E-state index contributed by atoms with van der Waals surface area (Å²) in [7, 11) is 0. The third-order valence-electron chi connectivity index (χ3n) is 2.44. The van der Waals surface area contributed by atoms with Gasteiger partial charge in [0.05, 0.1) is 6.54 Å². The summed E-state index contributed by atoms with van der Waals surface area (Å²) in [6.07, 6.45) is 0.928. The second-order valence-corrected chi connectivity index (χ2v) is 3.74. The van der Waals surface area contributed by atoms with Gasteiger partial charge in [-0.05, 0) is 31.0 Å². The Morgan fingerprint density at radius 3 is 2.88 bits per heavy atom. The Hall–Kier alpha value is -1.79. The van der Waals surface area contributed by atoms with Crippen LogP contribution in [-0.2, 0) is 0 Å². The Labute approximate surface area is 102 Å². The Morgan fingerprint density at radius 1 is 1.47 bits per heavy atom. The number of rotatable bonds is 3. The van der Waals surface area contributed by atoms with Gasteiger partial charge in [-0.1, -0.05) is 24.8 Å². The molecule has 1 aromatic rings. The van der Waals surface area contributed by atoms with Gasteiger partial charge < -0.3 is 11.1 Å². The highest BCUT2D eigenvalue weighted by atomic mass is 16.1. The molecule has 1 amide bonds. The zero-order valence-corrected chi connectivity index (χ0v) is 10.3. The molecule has 1 rings (SSSR count). The summed E-state index contributed by atoms with van der Waals surface area (Å²) in [4.78, 5) is 11.9. The molecule has 0 aliphatic heterocycles. The molecule has 3 N–H and O–H groups in total. The highest BCUT2D eigenvalue weighted by Crippen LogP contribution is 2.12. The molecule has 0 aliphatic rings. The zero-order valence-electron chi connectivity index (χ0n) is 10.3. The summed E-state index contributed by atoms with van der Waals surface area (Å²) in [6.45, 7) is 4.94. The molecule has 0 unspecified atom stereocenters. The molecule has 0 atom stereocenters. The number of nitrogens with two attached hydrogens (primary N) is 1. The molecule has 0 aromatic heterocycles. The van der Waals surface area contributed by atoms with Gasteiger partial charge >= 0.3 is 0 Å². The second kappa shape index (κ2) is 6.72. The van der Waals surface area contributed by atoms with Crippen LogP contribution >= 0.6 is 0 Å². The van der Waals surface area contributed by atoms with E-state index in [2.05, 4.69) is 17.2 Å². The topological polar surface area (TPSA) is 55.1 Å². The number of nitrogens with one attached hydrogen (secondary N) is 1. The molecule has 0 radical (unpaired) electrons. The van der Waals surface area contributed by atoms with Crippen molar-refractivity contribution >= 4 is 5.91 Å². The first-order chi connectivity index (χ1) is 8.20. The van der Waals surface area contributed by atoms with Crippen molar-refractivity contribution in [1.82, 2.24) is 5.32 Å². The lowest BCUT2D eigenvalue weighted by Gasteiger charge is -2.08. The first kappa shape index (κ1) is 13.3. The average Bonchev–Trinajstić information content (AvgIpc) is 2.34. The fourth-order valence-electron chi connectivity index (χ4n) is 1.50. The van der Waals surface area contributed by atoms with Crippen LogP contribution in [0.3, 0.4) is 0 Å². The van der Waals surface area contributed by atoms with E-state index in [9.17, 15) is 4.79 Å². The first-order valence-electron chi connectivity index (χ1n) is 5.77. The largest absolute Gasteiger partial charge is 0.352 e. The van der Waals surface area contributed by atoms with E-state index in [1.54, 1.807) is 0 Å². The molecular weight excluding hydrogens is 212 g/mol. The van der Waals surface area contributed by atoms with E-state index in [4.69, 9.17) is 5.73 Å². The number of hydrogen-bond donors (Lipinski definition) is 2. The summed E-state index contributed by atoms with van der Waals surface area (Å²) in [5.74, 6) is 5.73. The van der Waals surface area contributed by atoms with E-state index in [0.717, 1.165) is 17.5 Å². The molecule has 0 spiro atoms. The lowest BCUT2D eigenvalue weighted by Crippen LogP contribution is -2.24. The molecule has 0 fully saturated rings. The maximum atomic E-state index is 11.9. The number of hydrogen-bond acceptors (Lipinski definition) is 2. The van der Waals surface area contributed by atoms with Gasteiger partial charge in [-0.15, -0.1) is 0 Å². The van der Waals surface area contributed by atoms with Crippen molar-refractivity contribution in [2.24, 2.45) is 5.73 Å². The van der Waals surface area contributed by atoms with Gasteiger partial charge in [0.1, 0.15) is 0 Å². The number of carbonyl (C=O) groups is 1. The minimum atomic E-state index is -0.0410. The van der Waals surface area contributed by atoms with Gasteiger partial charge in [0.25, 0.3) is 5.91 Å². The standard InChI is InChI=1S/C14H18N2O/c1-3-10-16-14(17)13-8-4-6-12(11(13)2)7-5-9-15/h4,6,8H,3,9-10,15H2,1-2H3,(H,16,17). The maximum absolute atomic E-state index is 11.9. The van der Waals surface area contributed by atoms with Crippen LogP contribution in [0.5, 0.6) is 0 Å². The summed E-state index contributed by atoms with van der Waals surface area (Å²) < 4.78 is 0. The zero-order chi connectivity index (χ0) is 12.7. The van der Waals surface area contributed by atoms with Gasteiger partial charge in [0.15, 0.2) is 0 Å². The normalized spacial score (nSPS) is 9.35. The van der Waals surface area contributed by atoms with Crippen molar-refractivity contribution in [3.8, 4) is 11.8 Å². The van der Waals surface area contributed by atoms with Crippen LogP contribution in [0, 0.1) is 18.8 Å². The van der Waals surface area contributed by atoms with E-state index in [1.165, 1.54) is 0 Å². The Morgan fingerprint density at radius 2 is 2.24 bits per heavy atom. The molecule has 1 aromatic carbocycles. The van der Waals surface area contributed by atoms with Crippen molar-refractivity contribution < 1.29 is 4.79 Å². The van der Waals surface area contributed by atoms with Gasteiger partial charge in [-0.25, -0.2) is 0 Å². The van der Waals surface area contributed by atoms with Crippen LogP contribution in [0.4, 0.5) is 0 Å². The van der Waals surface area contributed by atoms with Gasteiger partial charge in [-0.2, -0.15) is 0 Å². The van der Waals surface area contributed by atoms with E-state index in [-0.39, 0.29) is 5.91 Å². The van der Waals surface area contributed by atoms with Gasteiger partial charge in [-0.3, -0.25) is 4.79 Å². The minimum absolute atomic E-state index is 0.0410. The molecule has 0 aliphatic carbocycles. The van der Waals surface area contributed by atoms with E-state index >= 15 is 0 Å². The van der Waals surface area contributed by atoms with Crippen LogP contribution in [-0.4, -0.2) is 19.0 Å². The first-order valence-corrected chi connectivity index (χ1v) is 5.77.